The van der Waals surface area contributed by atoms with Crippen molar-refractivity contribution in [1.29, 1.82) is 0 Å². The Morgan fingerprint density at radius 1 is 0.500 bits per heavy atom. The van der Waals surface area contributed by atoms with Gasteiger partial charge in [0.1, 0.15) is 0 Å². The Morgan fingerprint density at radius 2 is 0.864 bits per heavy atom. The zero-order chi connectivity index (χ0) is 15.4. The third-order valence-corrected chi connectivity index (χ3v) is 4.98. The summed E-state index contributed by atoms with van der Waals surface area (Å²) >= 11 is 0. The maximum Gasteiger partial charge on any atom is -0.00238 e. The fourth-order valence-electron chi connectivity index (χ4n) is 3.85. The van der Waals surface area contributed by atoms with Crippen molar-refractivity contribution in [1.82, 2.24) is 0 Å². The molecule has 0 aromatic heterocycles. The summed E-state index contributed by atoms with van der Waals surface area (Å²) in [7, 11) is 0. The van der Waals surface area contributed by atoms with Gasteiger partial charge in [-0.15, -0.1) is 0 Å². The number of benzene rings is 4. The van der Waals surface area contributed by atoms with Crippen LogP contribution in [0.3, 0.4) is 0 Å². The average Bonchev–Trinajstić information content (AvgIpc) is 2.51. The molecule has 0 radical (unpaired) electrons. The van der Waals surface area contributed by atoms with Crippen LogP contribution < -0.4 is 0 Å². The maximum absolute atomic E-state index is 2.31. The fraction of sp³-hybridized carbons (Fsp3) is 0.273. The first-order chi connectivity index (χ1) is 10.6. The van der Waals surface area contributed by atoms with Crippen LogP contribution in [-0.4, -0.2) is 0 Å². The summed E-state index contributed by atoms with van der Waals surface area (Å²) in [5, 5.41) is 8.46. The van der Waals surface area contributed by atoms with E-state index in [1.165, 1.54) is 43.4 Å². The van der Waals surface area contributed by atoms with E-state index in [0.717, 1.165) is 0 Å². The van der Waals surface area contributed by atoms with Crippen LogP contribution in [0.5, 0.6) is 0 Å². The molecule has 0 spiro atoms. The first-order valence-electron chi connectivity index (χ1n) is 8.28. The van der Waals surface area contributed by atoms with Gasteiger partial charge in [0.05, 0.1) is 0 Å². The quantitative estimate of drug-likeness (QED) is 0.354. The molecule has 0 bridgehead atoms. The van der Waals surface area contributed by atoms with Crippen LogP contribution in [0.25, 0.3) is 32.3 Å². The second-order valence-electron chi connectivity index (χ2n) is 7.04. The number of hydrogen-bond donors (Lipinski definition) is 0. The van der Waals surface area contributed by atoms with E-state index in [1.807, 2.05) is 0 Å². The van der Waals surface area contributed by atoms with Crippen molar-refractivity contribution in [3.63, 3.8) is 0 Å². The van der Waals surface area contributed by atoms with Crippen molar-refractivity contribution in [2.24, 2.45) is 0 Å². The predicted octanol–water partition coefficient (Wildman–Crippen LogP) is 6.83. The summed E-state index contributed by atoms with van der Waals surface area (Å²) in [5.41, 5.74) is 2.91. The second kappa shape index (κ2) is 4.71. The number of rotatable bonds is 2. The minimum atomic E-state index is 0.550. The molecule has 22 heavy (non-hydrogen) atoms. The highest BCUT2D eigenvalue weighted by Crippen LogP contribution is 2.40. The molecule has 4 aromatic carbocycles. The molecule has 110 valence electrons. The van der Waals surface area contributed by atoms with E-state index in [-0.39, 0.29) is 0 Å². The molecule has 0 aliphatic heterocycles. The van der Waals surface area contributed by atoms with Crippen molar-refractivity contribution in [3.05, 3.63) is 59.7 Å². The van der Waals surface area contributed by atoms with E-state index < -0.39 is 0 Å². The van der Waals surface area contributed by atoms with Crippen LogP contribution in [0, 0.1) is 0 Å². The smallest absolute Gasteiger partial charge is 0.00238 e. The molecule has 0 nitrogen and oxygen atoms in total. The van der Waals surface area contributed by atoms with Gasteiger partial charge in [-0.25, -0.2) is 0 Å². The van der Waals surface area contributed by atoms with Crippen LogP contribution in [0.15, 0.2) is 48.5 Å². The third-order valence-electron chi connectivity index (χ3n) is 4.98. The lowest BCUT2D eigenvalue weighted by Gasteiger charge is -2.18. The van der Waals surface area contributed by atoms with Gasteiger partial charge in [0.15, 0.2) is 0 Å². The Kier molecular flexibility index (Phi) is 2.91. The van der Waals surface area contributed by atoms with Crippen molar-refractivity contribution < 1.29 is 0 Å². The highest BCUT2D eigenvalue weighted by atomic mass is 14.2. The molecular formula is C22H22. The predicted molar refractivity (Wildman–Crippen MR) is 98.3 cm³/mol. The van der Waals surface area contributed by atoms with Gasteiger partial charge in [0.25, 0.3) is 0 Å². The summed E-state index contributed by atoms with van der Waals surface area (Å²) in [5.74, 6) is 1.10. The molecule has 4 aromatic rings. The zero-order valence-electron chi connectivity index (χ0n) is 13.8. The molecule has 0 saturated carbocycles. The van der Waals surface area contributed by atoms with E-state index in [0.29, 0.717) is 11.8 Å². The van der Waals surface area contributed by atoms with Crippen LogP contribution >= 0.6 is 0 Å². The molecule has 0 atom stereocenters. The van der Waals surface area contributed by atoms with Crippen molar-refractivity contribution in [2.75, 3.05) is 0 Å². The summed E-state index contributed by atoms with van der Waals surface area (Å²) < 4.78 is 0. The lowest BCUT2D eigenvalue weighted by molar-refractivity contribution is 0.876. The molecule has 0 saturated heterocycles. The van der Waals surface area contributed by atoms with Gasteiger partial charge in [-0.05, 0) is 55.3 Å². The minimum Gasteiger partial charge on any atom is -0.0587 e. The molecular weight excluding hydrogens is 264 g/mol. The van der Waals surface area contributed by atoms with Gasteiger partial charge in [-0.2, -0.15) is 0 Å². The third kappa shape index (κ3) is 1.76. The van der Waals surface area contributed by atoms with Gasteiger partial charge in [0, 0.05) is 0 Å². The topological polar surface area (TPSA) is 0 Å². The van der Waals surface area contributed by atoms with Gasteiger partial charge in [0.2, 0.25) is 0 Å². The molecule has 0 N–H and O–H groups in total. The Hall–Kier alpha value is -2.08. The fourth-order valence-corrected chi connectivity index (χ4v) is 3.85. The van der Waals surface area contributed by atoms with Gasteiger partial charge in [-0.3, -0.25) is 0 Å². The highest BCUT2D eigenvalue weighted by molar-refractivity contribution is 6.24. The van der Waals surface area contributed by atoms with Crippen molar-refractivity contribution in [2.45, 2.75) is 39.5 Å². The molecule has 0 fully saturated rings. The second-order valence-corrected chi connectivity index (χ2v) is 7.04. The Labute approximate surface area is 132 Å². The average molecular weight is 286 g/mol. The highest BCUT2D eigenvalue weighted by Gasteiger charge is 2.14. The Morgan fingerprint density at radius 3 is 1.23 bits per heavy atom. The SMILES string of the molecule is CC(C)c1ccc2ccc3c(C(C)C)ccc4ccc1c2c43. The Balaban J connectivity index is 2.28. The normalized spacial score (nSPS) is 12.5. The molecule has 4 rings (SSSR count). The number of hydrogen-bond acceptors (Lipinski definition) is 0. The molecule has 0 amide bonds. The summed E-state index contributed by atoms with van der Waals surface area (Å²) in [6.07, 6.45) is 0. The maximum atomic E-state index is 2.31. The van der Waals surface area contributed by atoms with Gasteiger partial charge < -0.3 is 0 Å². The van der Waals surface area contributed by atoms with Crippen molar-refractivity contribution >= 4 is 32.3 Å². The molecule has 0 unspecified atom stereocenters. The van der Waals surface area contributed by atoms with Gasteiger partial charge in [-0.1, -0.05) is 76.2 Å². The first-order valence-corrected chi connectivity index (χ1v) is 8.28. The lowest BCUT2D eigenvalue weighted by Crippen LogP contribution is -1.94. The van der Waals surface area contributed by atoms with E-state index in [4.69, 9.17) is 0 Å². The lowest BCUT2D eigenvalue weighted by atomic mass is 9.86. The summed E-state index contributed by atoms with van der Waals surface area (Å²) in [6, 6.07) is 18.4. The van der Waals surface area contributed by atoms with E-state index in [2.05, 4.69) is 76.2 Å². The van der Waals surface area contributed by atoms with E-state index in [9.17, 15) is 0 Å². The van der Waals surface area contributed by atoms with Gasteiger partial charge >= 0.3 is 0 Å². The van der Waals surface area contributed by atoms with E-state index in [1.54, 1.807) is 0 Å². The molecule has 0 heterocycles. The summed E-state index contributed by atoms with van der Waals surface area (Å²) in [6.45, 7) is 9.13. The molecule has 0 aliphatic carbocycles. The minimum absolute atomic E-state index is 0.550. The first kappa shape index (κ1) is 13.6. The zero-order valence-corrected chi connectivity index (χ0v) is 13.8. The molecule has 0 heteroatoms. The van der Waals surface area contributed by atoms with Crippen LogP contribution in [-0.2, 0) is 0 Å². The summed E-state index contributed by atoms with van der Waals surface area (Å²) in [4.78, 5) is 0. The van der Waals surface area contributed by atoms with E-state index >= 15 is 0 Å². The monoisotopic (exact) mass is 286 g/mol. The van der Waals surface area contributed by atoms with Crippen LogP contribution in [0.4, 0.5) is 0 Å². The standard InChI is InChI=1S/C22H22/c1-13(2)17-9-5-15-8-12-20-18(14(3)4)10-6-16-7-11-19(17)21(15)22(16)20/h5-14H,1-4H3. The largest absolute Gasteiger partial charge is 0.0587 e. The van der Waals surface area contributed by atoms with Crippen molar-refractivity contribution in [3.8, 4) is 0 Å². The van der Waals surface area contributed by atoms with Crippen LogP contribution in [0.1, 0.15) is 50.7 Å². The van der Waals surface area contributed by atoms with Crippen LogP contribution in [0.2, 0.25) is 0 Å². The molecule has 0 aliphatic rings. The Bertz CT molecular complexity index is 892.